The average molecular weight is 415 g/mol. The molecule has 0 atom stereocenters. The second kappa shape index (κ2) is 9.09. The minimum absolute atomic E-state index is 0.0370. The van der Waals surface area contributed by atoms with Crippen molar-refractivity contribution in [2.75, 3.05) is 25.6 Å². The molecule has 1 aromatic carbocycles. The monoisotopic (exact) mass is 414 g/mol. The lowest BCUT2D eigenvalue weighted by Crippen LogP contribution is -2.28. The van der Waals surface area contributed by atoms with Gasteiger partial charge in [0.25, 0.3) is 11.8 Å². The first-order valence-electron chi connectivity index (χ1n) is 10.1. The lowest BCUT2D eigenvalue weighted by molar-refractivity contribution is 0.0937. The molecular formula is C23H30N2O3S. The number of hydrogen-bond donors (Lipinski definition) is 2. The van der Waals surface area contributed by atoms with Crippen molar-refractivity contribution in [2.24, 2.45) is 0 Å². The molecule has 0 aliphatic heterocycles. The van der Waals surface area contributed by atoms with Gasteiger partial charge in [0.2, 0.25) is 0 Å². The van der Waals surface area contributed by atoms with Gasteiger partial charge in [-0.1, -0.05) is 32.9 Å². The van der Waals surface area contributed by atoms with Crippen molar-refractivity contribution in [3.8, 4) is 0 Å². The zero-order chi connectivity index (χ0) is 21.0. The number of thiophene rings is 1. The van der Waals surface area contributed by atoms with Gasteiger partial charge in [-0.05, 0) is 54.4 Å². The first-order chi connectivity index (χ1) is 13.8. The first-order valence-corrected chi connectivity index (χ1v) is 11.0. The minimum atomic E-state index is -0.185. The highest BCUT2D eigenvalue weighted by Crippen LogP contribution is 2.38. The lowest BCUT2D eigenvalue weighted by Gasteiger charge is -2.19. The van der Waals surface area contributed by atoms with E-state index >= 15 is 0 Å². The SMILES string of the molecule is COCCNC(=O)c1c(NC(=O)c2ccc(C(C)(C)C)cc2)sc2c1CCCC2. The van der Waals surface area contributed by atoms with Crippen molar-refractivity contribution in [1.82, 2.24) is 5.32 Å². The van der Waals surface area contributed by atoms with Gasteiger partial charge in [0.05, 0.1) is 12.2 Å². The van der Waals surface area contributed by atoms with E-state index in [1.54, 1.807) is 7.11 Å². The molecule has 0 radical (unpaired) electrons. The average Bonchev–Trinajstić information content (AvgIpc) is 3.05. The molecule has 29 heavy (non-hydrogen) atoms. The van der Waals surface area contributed by atoms with Crippen LogP contribution < -0.4 is 10.6 Å². The molecule has 0 bridgehead atoms. The molecule has 3 rings (SSSR count). The van der Waals surface area contributed by atoms with Gasteiger partial charge in [0.1, 0.15) is 5.00 Å². The maximum absolute atomic E-state index is 12.9. The number of aryl methyl sites for hydroxylation is 1. The molecule has 1 aliphatic carbocycles. The molecule has 2 aromatic rings. The summed E-state index contributed by atoms with van der Waals surface area (Å²) in [4.78, 5) is 26.9. The summed E-state index contributed by atoms with van der Waals surface area (Å²) in [6, 6.07) is 7.68. The van der Waals surface area contributed by atoms with E-state index in [2.05, 4.69) is 31.4 Å². The van der Waals surface area contributed by atoms with Crippen LogP contribution in [-0.4, -0.2) is 32.1 Å². The Balaban J connectivity index is 1.83. The molecule has 2 amide bonds. The summed E-state index contributed by atoms with van der Waals surface area (Å²) in [5.74, 6) is -0.324. The van der Waals surface area contributed by atoms with Crippen molar-refractivity contribution in [3.05, 3.63) is 51.4 Å². The van der Waals surface area contributed by atoms with Crippen LogP contribution in [-0.2, 0) is 23.0 Å². The highest BCUT2D eigenvalue weighted by atomic mass is 32.1. The quantitative estimate of drug-likeness (QED) is 0.681. The fourth-order valence-electron chi connectivity index (χ4n) is 3.55. The molecule has 6 heteroatoms. The smallest absolute Gasteiger partial charge is 0.256 e. The van der Waals surface area contributed by atoms with Crippen LogP contribution in [0.5, 0.6) is 0 Å². The van der Waals surface area contributed by atoms with Crippen LogP contribution in [0, 0.1) is 0 Å². The van der Waals surface area contributed by atoms with Gasteiger partial charge < -0.3 is 15.4 Å². The van der Waals surface area contributed by atoms with Crippen LogP contribution in [0.4, 0.5) is 5.00 Å². The van der Waals surface area contributed by atoms with Crippen LogP contribution in [0.2, 0.25) is 0 Å². The predicted molar refractivity (Wildman–Crippen MR) is 118 cm³/mol. The summed E-state index contributed by atoms with van der Waals surface area (Å²) in [7, 11) is 1.61. The van der Waals surface area contributed by atoms with Crippen molar-refractivity contribution in [2.45, 2.75) is 51.9 Å². The molecule has 5 nitrogen and oxygen atoms in total. The van der Waals surface area contributed by atoms with E-state index in [9.17, 15) is 9.59 Å². The molecular weight excluding hydrogens is 384 g/mol. The molecule has 1 aromatic heterocycles. The van der Waals surface area contributed by atoms with E-state index in [1.165, 1.54) is 21.8 Å². The number of anilines is 1. The molecule has 1 heterocycles. The summed E-state index contributed by atoms with van der Waals surface area (Å²) < 4.78 is 5.03. The summed E-state index contributed by atoms with van der Waals surface area (Å²) in [5.41, 5.74) is 3.53. The van der Waals surface area contributed by atoms with E-state index in [4.69, 9.17) is 4.74 Å². The summed E-state index contributed by atoms with van der Waals surface area (Å²) >= 11 is 1.54. The van der Waals surface area contributed by atoms with Gasteiger partial charge >= 0.3 is 0 Å². The summed E-state index contributed by atoms with van der Waals surface area (Å²) in [6.45, 7) is 7.34. The molecule has 0 fully saturated rings. The Morgan fingerprint density at radius 3 is 2.41 bits per heavy atom. The Morgan fingerprint density at radius 1 is 1.07 bits per heavy atom. The van der Waals surface area contributed by atoms with Gasteiger partial charge in [-0.15, -0.1) is 11.3 Å². The van der Waals surface area contributed by atoms with Crippen molar-refractivity contribution in [1.29, 1.82) is 0 Å². The molecule has 0 spiro atoms. The topological polar surface area (TPSA) is 67.4 Å². The normalized spacial score (nSPS) is 13.7. The highest BCUT2D eigenvalue weighted by molar-refractivity contribution is 7.17. The van der Waals surface area contributed by atoms with Crippen LogP contribution in [0.25, 0.3) is 0 Å². The fourth-order valence-corrected chi connectivity index (χ4v) is 4.83. The van der Waals surface area contributed by atoms with Crippen LogP contribution >= 0.6 is 11.3 Å². The molecule has 0 unspecified atom stereocenters. The van der Waals surface area contributed by atoms with Crippen LogP contribution in [0.1, 0.15) is 70.3 Å². The van der Waals surface area contributed by atoms with Crippen LogP contribution in [0.15, 0.2) is 24.3 Å². The second-order valence-electron chi connectivity index (χ2n) is 8.45. The van der Waals surface area contributed by atoms with Crippen molar-refractivity contribution < 1.29 is 14.3 Å². The lowest BCUT2D eigenvalue weighted by atomic mass is 9.87. The number of hydrogen-bond acceptors (Lipinski definition) is 4. The van der Waals surface area contributed by atoms with Gasteiger partial charge in [-0.3, -0.25) is 9.59 Å². The Kier molecular flexibility index (Phi) is 6.75. The third kappa shape index (κ3) is 5.06. The Morgan fingerprint density at radius 2 is 1.76 bits per heavy atom. The van der Waals surface area contributed by atoms with E-state index in [0.717, 1.165) is 31.2 Å². The summed E-state index contributed by atoms with van der Waals surface area (Å²) in [6.07, 6.45) is 4.05. The fraction of sp³-hybridized carbons (Fsp3) is 0.478. The zero-order valence-electron chi connectivity index (χ0n) is 17.7. The third-order valence-corrected chi connectivity index (χ3v) is 6.44. The number of carbonyl (C=O) groups excluding carboxylic acids is 2. The van der Waals surface area contributed by atoms with Crippen molar-refractivity contribution in [3.63, 3.8) is 0 Å². The number of ether oxygens (including phenoxy) is 1. The molecule has 0 saturated carbocycles. The van der Waals surface area contributed by atoms with Gasteiger partial charge in [0, 0.05) is 24.1 Å². The van der Waals surface area contributed by atoms with E-state index in [0.29, 0.717) is 29.3 Å². The van der Waals surface area contributed by atoms with Gasteiger partial charge in [-0.25, -0.2) is 0 Å². The second-order valence-corrected chi connectivity index (χ2v) is 9.55. The first kappa shape index (κ1) is 21.5. The molecule has 0 saturated heterocycles. The number of methoxy groups -OCH3 is 1. The molecule has 2 N–H and O–H groups in total. The molecule has 156 valence electrons. The van der Waals surface area contributed by atoms with Crippen molar-refractivity contribution >= 4 is 28.2 Å². The summed E-state index contributed by atoms with van der Waals surface area (Å²) in [5, 5.41) is 6.56. The zero-order valence-corrected chi connectivity index (χ0v) is 18.5. The predicted octanol–water partition coefficient (Wildman–Crippen LogP) is 4.55. The standard InChI is InChI=1S/C23H30N2O3S/c1-23(2,3)16-11-9-15(10-12-16)20(26)25-22-19(21(27)24-13-14-28-4)17-7-5-6-8-18(17)29-22/h9-12H,5-8,13-14H2,1-4H3,(H,24,27)(H,25,26). The minimum Gasteiger partial charge on any atom is -0.383 e. The Hall–Kier alpha value is -2.18. The van der Waals surface area contributed by atoms with Gasteiger partial charge in [0.15, 0.2) is 0 Å². The van der Waals surface area contributed by atoms with E-state index in [1.807, 2.05) is 24.3 Å². The number of carbonyl (C=O) groups is 2. The number of fused-ring (bicyclic) bond motifs is 1. The van der Waals surface area contributed by atoms with Crippen LogP contribution in [0.3, 0.4) is 0 Å². The third-order valence-electron chi connectivity index (χ3n) is 5.23. The largest absolute Gasteiger partial charge is 0.383 e. The number of benzene rings is 1. The highest BCUT2D eigenvalue weighted by Gasteiger charge is 2.26. The molecule has 1 aliphatic rings. The Labute approximate surface area is 176 Å². The Bertz CT molecular complexity index is 879. The maximum Gasteiger partial charge on any atom is 0.256 e. The van der Waals surface area contributed by atoms with Gasteiger partial charge in [-0.2, -0.15) is 0 Å². The van der Waals surface area contributed by atoms with E-state index in [-0.39, 0.29) is 17.2 Å². The number of rotatable bonds is 6. The van der Waals surface area contributed by atoms with E-state index < -0.39 is 0 Å². The maximum atomic E-state index is 12.9. The number of amides is 2. The number of nitrogens with one attached hydrogen (secondary N) is 2.